The van der Waals surface area contributed by atoms with E-state index in [1.54, 1.807) is 0 Å². The second-order valence-corrected chi connectivity index (χ2v) is 7.81. The summed E-state index contributed by atoms with van der Waals surface area (Å²) >= 11 is 0. The van der Waals surface area contributed by atoms with Gasteiger partial charge in [0, 0.05) is 71.7 Å². The second-order valence-electron chi connectivity index (χ2n) is 7.81. The molecule has 0 aromatic heterocycles. The number of piperazine rings is 2. The smallest absolute Gasteiger partial charge is 0.223 e. The molecule has 0 unspecified atom stereocenters. The first kappa shape index (κ1) is 18.6. The number of carbonyl (C=O) groups excluding carboxylic acids is 2. The van der Waals surface area contributed by atoms with Crippen LogP contribution in [0, 0.1) is 5.92 Å². The van der Waals surface area contributed by atoms with Crippen LogP contribution in [0.5, 0.6) is 0 Å². The highest BCUT2D eigenvalue weighted by Crippen LogP contribution is 2.27. The van der Waals surface area contributed by atoms with Gasteiger partial charge in [-0.2, -0.15) is 0 Å². The van der Waals surface area contributed by atoms with Gasteiger partial charge < -0.3 is 15.1 Å². The van der Waals surface area contributed by atoms with Crippen molar-refractivity contribution in [2.24, 2.45) is 5.92 Å². The Morgan fingerprint density at radius 2 is 1.44 bits per heavy atom. The highest BCUT2D eigenvalue weighted by molar-refractivity contribution is 5.77. The molecule has 0 spiro atoms. The lowest BCUT2D eigenvalue weighted by Crippen LogP contribution is -2.50. The standard InChI is InChI=1S/C19H34N4O2/c24-18(22-10-7-20-8-11-22)6-9-21-12-14-23(15-13-21)19(25)16-17-4-2-1-3-5-17/h17,20H,1-16H2. The van der Waals surface area contributed by atoms with E-state index >= 15 is 0 Å². The van der Waals surface area contributed by atoms with E-state index in [0.717, 1.165) is 65.3 Å². The molecular weight excluding hydrogens is 316 g/mol. The molecule has 2 amide bonds. The Labute approximate surface area is 151 Å². The molecule has 25 heavy (non-hydrogen) atoms. The molecule has 0 aromatic carbocycles. The third-order valence-electron chi connectivity index (χ3n) is 6.02. The summed E-state index contributed by atoms with van der Waals surface area (Å²) in [4.78, 5) is 31.1. The Balaban J connectivity index is 1.32. The SMILES string of the molecule is O=C(CCN1CCN(C(=O)CC2CCCCC2)CC1)N1CCNCC1. The molecule has 0 radical (unpaired) electrons. The van der Waals surface area contributed by atoms with Crippen molar-refractivity contribution in [3.05, 3.63) is 0 Å². The Kier molecular flexibility index (Phi) is 7.11. The van der Waals surface area contributed by atoms with Crippen LogP contribution in [0.4, 0.5) is 0 Å². The van der Waals surface area contributed by atoms with Crippen molar-refractivity contribution in [2.45, 2.75) is 44.9 Å². The molecule has 3 fully saturated rings. The minimum Gasteiger partial charge on any atom is -0.340 e. The number of carbonyl (C=O) groups is 2. The first-order chi connectivity index (χ1) is 12.2. The molecule has 3 rings (SSSR count). The van der Waals surface area contributed by atoms with Gasteiger partial charge in [-0.25, -0.2) is 0 Å². The van der Waals surface area contributed by atoms with Crippen LogP contribution in [-0.2, 0) is 9.59 Å². The van der Waals surface area contributed by atoms with Gasteiger partial charge in [-0.1, -0.05) is 19.3 Å². The van der Waals surface area contributed by atoms with Gasteiger partial charge in [0.15, 0.2) is 0 Å². The zero-order valence-corrected chi connectivity index (χ0v) is 15.5. The van der Waals surface area contributed by atoms with Gasteiger partial charge in [0.1, 0.15) is 0 Å². The fourth-order valence-electron chi connectivity index (χ4n) is 4.31. The summed E-state index contributed by atoms with van der Waals surface area (Å²) in [7, 11) is 0. The lowest BCUT2D eigenvalue weighted by Gasteiger charge is -2.36. The molecular formula is C19H34N4O2. The number of rotatable bonds is 5. The summed E-state index contributed by atoms with van der Waals surface area (Å²) in [6.45, 7) is 7.79. The molecule has 3 aliphatic rings. The molecule has 2 aliphatic heterocycles. The van der Waals surface area contributed by atoms with Crippen LogP contribution < -0.4 is 5.32 Å². The third kappa shape index (κ3) is 5.68. The fourth-order valence-corrected chi connectivity index (χ4v) is 4.31. The monoisotopic (exact) mass is 350 g/mol. The van der Waals surface area contributed by atoms with Crippen molar-refractivity contribution in [1.29, 1.82) is 0 Å². The Hall–Kier alpha value is -1.14. The maximum absolute atomic E-state index is 12.5. The zero-order valence-electron chi connectivity index (χ0n) is 15.5. The molecule has 6 nitrogen and oxygen atoms in total. The zero-order chi connectivity index (χ0) is 17.5. The van der Waals surface area contributed by atoms with Gasteiger partial charge in [-0.3, -0.25) is 14.5 Å². The van der Waals surface area contributed by atoms with Gasteiger partial charge in [-0.05, 0) is 18.8 Å². The van der Waals surface area contributed by atoms with Gasteiger partial charge in [0.2, 0.25) is 11.8 Å². The van der Waals surface area contributed by atoms with E-state index in [1.165, 1.54) is 32.1 Å². The van der Waals surface area contributed by atoms with E-state index in [1.807, 2.05) is 9.80 Å². The van der Waals surface area contributed by atoms with Gasteiger partial charge >= 0.3 is 0 Å². The molecule has 2 saturated heterocycles. The van der Waals surface area contributed by atoms with Gasteiger partial charge in [-0.15, -0.1) is 0 Å². The highest BCUT2D eigenvalue weighted by Gasteiger charge is 2.25. The minimum atomic E-state index is 0.275. The Morgan fingerprint density at radius 1 is 0.800 bits per heavy atom. The minimum absolute atomic E-state index is 0.275. The maximum Gasteiger partial charge on any atom is 0.223 e. The van der Waals surface area contributed by atoms with Crippen molar-refractivity contribution in [3.63, 3.8) is 0 Å². The largest absolute Gasteiger partial charge is 0.340 e. The molecule has 1 N–H and O–H groups in total. The van der Waals surface area contributed by atoms with Crippen LogP contribution in [0.25, 0.3) is 0 Å². The van der Waals surface area contributed by atoms with Crippen LogP contribution in [0.2, 0.25) is 0 Å². The first-order valence-corrected chi connectivity index (χ1v) is 10.2. The van der Waals surface area contributed by atoms with Crippen molar-refractivity contribution in [1.82, 2.24) is 20.0 Å². The van der Waals surface area contributed by atoms with E-state index in [2.05, 4.69) is 10.2 Å². The number of hydrogen-bond donors (Lipinski definition) is 1. The summed E-state index contributed by atoms with van der Waals surface area (Å²) in [5.41, 5.74) is 0. The summed E-state index contributed by atoms with van der Waals surface area (Å²) in [5.74, 6) is 1.25. The second kappa shape index (κ2) is 9.53. The van der Waals surface area contributed by atoms with E-state index in [0.29, 0.717) is 18.2 Å². The molecule has 2 heterocycles. The first-order valence-electron chi connectivity index (χ1n) is 10.2. The lowest BCUT2D eigenvalue weighted by molar-refractivity contribution is -0.135. The van der Waals surface area contributed by atoms with Crippen LogP contribution >= 0.6 is 0 Å². The van der Waals surface area contributed by atoms with E-state index in [4.69, 9.17) is 0 Å². The van der Waals surface area contributed by atoms with Crippen molar-refractivity contribution < 1.29 is 9.59 Å². The van der Waals surface area contributed by atoms with Crippen LogP contribution in [0.1, 0.15) is 44.9 Å². The van der Waals surface area contributed by atoms with Crippen molar-refractivity contribution in [3.8, 4) is 0 Å². The number of hydrogen-bond acceptors (Lipinski definition) is 4. The highest BCUT2D eigenvalue weighted by atomic mass is 16.2. The van der Waals surface area contributed by atoms with Gasteiger partial charge in [0.05, 0.1) is 0 Å². The maximum atomic E-state index is 12.5. The molecule has 142 valence electrons. The van der Waals surface area contributed by atoms with Gasteiger partial charge in [0.25, 0.3) is 0 Å². The Morgan fingerprint density at radius 3 is 2.12 bits per heavy atom. The predicted molar refractivity (Wildman–Crippen MR) is 98.3 cm³/mol. The third-order valence-corrected chi connectivity index (χ3v) is 6.02. The van der Waals surface area contributed by atoms with Crippen molar-refractivity contribution >= 4 is 11.8 Å². The van der Waals surface area contributed by atoms with E-state index < -0.39 is 0 Å². The number of nitrogens with zero attached hydrogens (tertiary/aromatic N) is 3. The quantitative estimate of drug-likeness (QED) is 0.801. The van der Waals surface area contributed by atoms with Crippen LogP contribution in [0.15, 0.2) is 0 Å². The molecule has 0 bridgehead atoms. The normalized spacial score (nSPS) is 23.7. The lowest BCUT2D eigenvalue weighted by atomic mass is 9.86. The average Bonchev–Trinajstić information content (AvgIpc) is 2.68. The topological polar surface area (TPSA) is 55.9 Å². The van der Waals surface area contributed by atoms with E-state index in [9.17, 15) is 9.59 Å². The van der Waals surface area contributed by atoms with Crippen LogP contribution in [-0.4, -0.2) is 85.4 Å². The fraction of sp³-hybridized carbons (Fsp3) is 0.895. The average molecular weight is 351 g/mol. The number of amides is 2. The van der Waals surface area contributed by atoms with Crippen molar-refractivity contribution in [2.75, 3.05) is 58.9 Å². The molecule has 0 aromatic rings. The van der Waals surface area contributed by atoms with Crippen LogP contribution in [0.3, 0.4) is 0 Å². The molecule has 6 heteroatoms. The molecule has 0 atom stereocenters. The summed E-state index contributed by atoms with van der Waals surface area (Å²) in [5, 5.41) is 3.28. The molecule has 1 saturated carbocycles. The summed E-state index contributed by atoms with van der Waals surface area (Å²) in [6.07, 6.45) is 7.77. The summed E-state index contributed by atoms with van der Waals surface area (Å²) in [6, 6.07) is 0. The number of nitrogens with one attached hydrogen (secondary N) is 1. The predicted octanol–water partition coefficient (Wildman–Crippen LogP) is 0.923. The Bertz CT molecular complexity index is 437. The van der Waals surface area contributed by atoms with E-state index in [-0.39, 0.29) is 5.91 Å². The summed E-state index contributed by atoms with van der Waals surface area (Å²) < 4.78 is 0. The molecule has 1 aliphatic carbocycles.